The normalized spacial score (nSPS) is 15.6. The Kier molecular flexibility index (Phi) is 5.68. The standard InChI is InChI=1S/C19H20ClN3O2/c20-17-7-5-15(6-8-17)14-22-9-11-23(12-10-22)21-13-16-3-1-2-4-18(16)19(24)25/h1-8,13H,9-12,14H2,(H,24,25)/b21-13+. The molecule has 0 saturated carbocycles. The first-order valence-electron chi connectivity index (χ1n) is 8.20. The van der Waals surface area contributed by atoms with Crippen LogP contribution in [0.1, 0.15) is 21.5 Å². The summed E-state index contributed by atoms with van der Waals surface area (Å²) < 4.78 is 0. The van der Waals surface area contributed by atoms with Crippen molar-refractivity contribution in [2.75, 3.05) is 26.2 Å². The van der Waals surface area contributed by atoms with Crippen LogP contribution in [0, 0.1) is 0 Å². The summed E-state index contributed by atoms with van der Waals surface area (Å²) in [7, 11) is 0. The Morgan fingerprint density at radius 3 is 2.44 bits per heavy atom. The zero-order valence-corrected chi connectivity index (χ0v) is 14.6. The minimum Gasteiger partial charge on any atom is -0.478 e. The largest absolute Gasteiger partial charge is 0.478 e. The van der Waals surface area contributed by atoms with Gasteiger partial charge in [0.05, 0.1) is 11.8 Å². The number of carboxylic acid groups (broad SMARTS) is 1. The molecule has 1 aliphatic heterocycles. The highest BCUT2D eigenvalue weighted by Crippen LogP contribution is 2.13. The molecule has 2 aromatic carbocycles. The van der Waals surface area contributed by atoms with Crippen molar-refractivity contribution in [3.63, 3.8) is 0 Å². The Hall–Kier alpha value is -2.37. The van der Waals surface area contributed by atoms with Gasteiger partial charge in [0, 0.05) is 43.3 Å². The van der Waals surface area contributed by atoms with Crippen molar-refractivity contribution in [2.24, 2.45) is 5.10 Å². The molecule has 0 spiro atoms. The number of hydrogen-bond donors (Lipinski definition) is 1. The zero-order valence-electron chi connectivity index (χ0n) is 13.8. The molecule has 130 valence electrons. The molecule has 0 radical (unpaired) electrons. The number of benzene rings is 2. The van der Waals surface area contributed by atoms with Gasteiger partial charge in [0.25, 0.3) is 0 Å². The molecular formula is C19H20ClN3O2. The third-order valence-electron chi connectivity index (χ3n) is 4.22. The summed E-state index contributed by atoms with van der Waals surface area (Å²) in [5.41, 5.74) is 2.14. The summed E-state index contributed by atoms with van der Waals surface area (Å²) in [6.07, 6.45) is 1.64. The molecule has 6 heteroatoms. The number of rotatable bonds is 5. The maximum absolute atomic E-state index is 11.2. The smallest absolute Gasteiger partial charge is 0.336 e. The van der Waals surface area contributed by atoms with E-state index in [1.807, 2.05) is 23.2 Å². The molecule has 0 unspecified atom stereocenters. The first-order chi connectivity index (χ1) is 12.1. The van der Waals surface area contributed by atoms with Crippen molar-refractivity contribution in [3.8, 4) is 0 Å². The number of carbonyl (C=O) groups is 1. The predicted octanol–water partition coefficient (Wildman–Crippen LogP) is 3.19. The van der Waals surface area contributed by atoms with Gasteiger partial charge in [0.15, 0.2) is 0 Å². The molecule has 0 aliphatic carbocycles. The SMILES string of the molecule is O=C(O)c1ccccc1/C=N/N1CCN(Cc2ccc(Cl)cc2)CC1. The Balaban J connectivity index is 1.54. The summed E-state index contributed by atoms with van der Waals surface area (Å²) in [4.78, 5) is 13.6. The number of hydrazone groups is 1. The van der Waals surface area contributed by atoms with Crippen LogP contribution in [-0.2, 0) is 6.54 Å². The Bertz CT molecular complexity index is 754. The van der Waals surface area contributed by atoms with Gasteiger partial charge in [-0.25, -0.2) is 4.79 Å². The van der Waals surface area contributed by atoms with E-state index in [4.69, 9.17) is 11.6 Å². The lowest BCUT2D eigenvalue weighted by Crippen LogP contribution is -2.43. The fourth-order valence-electron chi connectivity index (χ4n) is 2.81. The van der Waals surface area contributed by atoms with Crippen LogP contribution < -0.4 is 0 Å². The molecule has 0 amide bonds. The van der Waals surface area contributed by atoms with Crippen molar-refractivity contribution in [1.29, 1.82) is 0 Å². The van der Waals surface area contributed by atoms with Gasteiger partial charge in [-0.1, -0.05) is 41.9 Å². The van der Waals surface area contributed by atoms with Gasteiger partial charge >= 0.3 is 5.97 Å². The van der Waals surface area contributed by atoms with Crippen molar-refractivity contribution in [1.82, 2.24) is 9.91 Å². The van der Waals surface area contributed by atoms with E-state index in [-0.39, 0.29) is 5.56 Å². The van der Waals surface area contributed by atoms with Crippen LogP contribution >= 0.6 is 11.6 Å². The highest BCUT2D eigenvalue weighted by Gasteiger charge is 2.15. The van der Waals surface area contributed by atoms with Crippen LogP contribution in [0.15, 0.2) is 53.6 Å². The summed E-state index contributed by atoms with van der Waals surface area (Å²) in [5.74, 6) is -0.935. The van der Waals surface area contributed by atoms with E-state index in [2.05, 4.69) is 22.1 Å². The van der Waals surface area contributed by atoms with E-state index >= 15 is 0 Å². The van der Waals surface area contributed by atoms with Gasteiger partial charge < -0.3 is 5.11 Å². The molecule has 2 aromatic rings. The first kappa shape index (κ1) is 17.5. The van der Waals surface area contributed by atoms with Crippen LogP contribution in [-0.4, -0.2) is 53.4 Å². The average molecular weight is 358 g/mol. The molecule has 0 bridgehead atoms. The van der Waals surface area contributed by atoms with Crippen molar-refractivity contribution >= 4 is 23.8 Å². The summed E-state index contributed by atoms with van der Waals surface area (Å²) in [6.45, 7) is 4.37. The maximum atomic E-state index is 11.2. The van der Waals surface area contributed by atoms with Gasteiger partial charge in [0.2, 0.25) is 0 Å². The van der Waals surface area contributed by atoms with Crippen LogP contribution in [0.3, 0.4) is 0 Å². The van der Waals surface area contributed by atoms with Gasteiger partial charge in [-0.3, -0.25) is 9.91 Å². The molecule has 1 fully saturated rings. The van der Waals surface area contributed by atoms with E-state index < -0.39 is 5.97 Å². The second kappa shape index (κ2) is 8.14. The van der Waals surface area contributed by atoms with Crippen molar-refractivity contribution in [2.45, 2.75) is 6.54 Å². The van der Waals surface area contributed by atoms with Crippen molar-refractivity contribution < 1.29 is 9.90 Å². The predicted molar refractivity (Wildman–Crippen MR) is 99.3 cm³/mol. The molecule has 1 saturated heterocycles. The second-order valence-corrected chi connectivity index (χ2v) is 6.43. The third kappa shape index (κ3) is 4.81. The lowest BCUT2D eigenvalue weighted by molar-refractivity contribution is 0.0696. The Morgan fingerprint density at radius 1 is 1.08 bits per heavy atom. The number of piperazine rings is 1. The van der Waals surface area contributed by atoms with Gasteiger partial charge in [-0.15, -0.1) is 0 Å². The first-order valence-corrected chi connectivity index (χ1v) is 8.57. The molecular weight excluding hydrogens is 338 g/mol. The minimum atomic E-state index is -0.935. The topological polar surface area (TPSA) is 56.1 Å². The fourth-order valence-corrected chi connectivity index (χ4v) is 2.93. The number of halogens is 1. The monoisotopic (exact) mass is 357 g/mol. The fraction of sp³-hybridized carbons (Fsp3) is 0.263. The third-order valence-corrected chi connectivity index (χ3v) is 4.47. The maximum Gasteiger partial charge on any atom is 0.336 e. The molecule has 25 heavy (non-hydrogen) atoms. The van der Waals surface area contributed by atoms with E-state index in [1.54, 1.807) is 24.4 Å². The van der Waals surface area contributed by atoms with E-state index in [0.29, 0.717) is 5.56 Å². The molecule has 0 aromatic heterocycles. The highest BCUT2D eigenvalue weighted by molar-refractivity contribution is 6.30. The quantitative estimate of drug-likeness (QED) is 0.835. The molecule has 3 rings (SSSR count). The lowest BCUT2D eigenvalue weighted by Gasteiger charge is -2.33. The van der Waals surface area contributed by atoms with E-state index in [9.17, 15) is 9.90 Å². The molecule has 1 N–H and O–H groups in total. The minimum absolute atomic E-state index is 0.271. The summed E-state index contributed by atoms with van der Waals surface area (Å²) >= 11 is 5.92. The Morgan fingerprint density at radius 2 is 1.76 bits per heavy atom. The lowest BCUT2D eigenvalue weighted by atomic mass is 10.1. The summed E-state index contributed by atoms with van der Waals surface area (Å²) in [6, 6.07) is 14.8. The highest BCUT2D eigenvalue weighted by atomic mass is 35.5. The van der Waals surface area contributed by atoms with Crippen LogP contribution in [0.25, 0.3) is 0 Å². The van der Waals surface area contributed by atoms with Crippen LogP contribution in [0.2, 0.25) is 5.02 Å². The molecule has 1 aliphatic rings. The molecule has 0 atom stereocenters. The summed E-state index contributed by atoms with van der Waals surface area (Å²) in [5, 5.41) is 16.4. The zero-order chi connectivity index (χ0) is 17.6. The van der Waals surface area contributed by atoms with Gasteiger partial charge in [-0.05, 0) is 23.8 Å². The number of carboxylic acids is 1. The molecule has 1 heterocycles. The van der Waals surface area contributed by atoms with E-state index in [1.165, 1.54) is 5.56 Å². The van der Waals surface area contributed by atoms with Crippen LogP contribution in [0.4, 0.5) is 0 Å². The number of nitrogens with zero attached hydrogens (tertiary/aromatic N) is 3. The van der Waals surface area contributed by atoms with Crippen molar-refractivity contribution in [3.05, 3.63) is 70.2 Å². The average Bonchev–Trinajstić information content (AvgIpc) is 2.63. The second-order valence-electron chi connectivity index (χ2n) is 5.99. The number of aromatic carboxylic acids is 1. The Labute approximate surface area is 152 Å². The van der Waals surface area contributed by atoms with Crippen LogP contribution in [0.5, 0.6) is 0 Å². The number of hydrogen-bond acceptors (Lipinski definition) is 4. The van der Waals surface area contributed by atoms with E-state index in [0.717, 1.165) is 37.7 Å². The van der Waals surface area contributed by atoms with Gasteiger partial charge in [-0.2, -0.15) is 5.10 Å². The van der Waals surface area contributed by atoms with Gasteiger partial charge in [0.1, 0.15) is 0 Å². The molecule has 5 nitrogen and oxygen atoms in total.